The molecule has 0 saturated heterocycles. The van der Waals surface area contributed by atoms with Crippen molar-refractivity contribution in [1.82, 2.24) is 5.32 Å². The SMILES string of the molecule is CCCCC(CC)CNC(=O)CC1(C(=O)O)CCCC1. The van der Waals surface area contributed by atoms with Crippen LogP contribution in [0.25, 0.3) is 0 Å². The highest BCUT2D eigenvalue weighted by atomic mass is 16.4. The second-order valence-corrected chi connectivity index (χ2v) is 6.19. The monoisotopic (exact) mass is 283 g/mol. The molecule has 1 amide bonds. The maximum atomic E-state index is 12.0. The Morgan fingerprint density at radius 1 is 1.25 bits per heavy atom. The Bertz CT molecular complexity index is 322. The van der Waals surface area contributed by atoms with Gasteiger partial charge in [0.1, 0.15) is 0 Å². The van der Waals surface area contributed by atoms with Crippen molar-refractivity contribution < 1.29 is 14.7 Å². The molecule has 1 aliphatic rings. The van der Waals surface area contributed by atoms with Crippen LogP contribution in [0.2, 0.25) is 0 Å². The van der Waals surface area contributed by atoms with E-state index in [0.29, 0.717) is 25.3 Å². The fraction of sp³-hybridized carbons (Fsp3) is 0.875. The van der Waals surface area contributed by atoms with Crippen molar-refractivity contribution in [3.8, 4) is 0 Å². The molecular formula is C16H29NO3. The van der Waals surface area contributed by atoms with E-state index in [1.54, 1.807) is 0 Å². The average molecular weight is 283 g/mol. The summed E-state index contributed by atoms with van der Waals surface area (Å²) in [5.74, 6) is -0.379. The molecule has 0 aromatic heterocycles. The first-order valence-corrected chi connectivity index (χ1v) is 8.04. The predicted octanol–water partition coefficient (Wildman–Crippen LogP) is 3.35. The molecule has 1 fully saturated rings. The van der Waals surface area contributed by atoms with Crippen LogP contribution in [0.3, 0.4) is 0 Å². The van der Waals surface area contributed by atoms with Gasteiger partial charge in [0.15, 0.2) is 0 Å². The highest BCUT2D eigenvalue weighted by molar-refractivity contribution is 5.85. The molecular weight excluding hydrogens is 254 g/mol. The van der Waals surface area contributed by atoms with Crippen molar-refractivity contribution in [2.75, 3.05) is 6.54 Å². The minimum absolute atomic E-state index is 0.0933. The number of hydrogen-bond donors (Lipinski definition) is 2. The summed E-state index contributed by atoms with van der Waals surface area (Å²) in [5.41, 5.74) is -0.796. The number of rotatable bonds is 9. The van der Waals surface area contributed by atoms with E-state index in [0.717, 1.165) is 25.7 Å². The highest BCUT2D eigenvalue weighted by Gasteiger charge is 2.42. The lowest BCUT2D eigenvalue weighted by Crippen LogP contribution is -2.37. The number of unbranched alkanes of at least 4 members (excludes halogenated alkanes) is 1. The molecule has 2 N–H and O–H groups in total. The number of aliphatic carboxylic acids is 1. The first-order valence-electron chi connectivity index (χ1n) is 8.04. The third kappa shape index (κ3) is 4.80. The van der Waals surface area contributed by atoms with Gasteiger partial charge in [-0.1, -0.05) is 46.0 Å². The largest absolute Gasteiger partial charge is 0.481 e. The lowest BCUT2D eigenvalue weighted by molar-refractivity contribution is -0.151. The molecule has 1 aliphatic carbocycles. The van der Waals surface area contributed by atoms with Crippen molar-refractivity contribution in [2.45, 2.75) is 71.6 Å². The third-order valence-corrected chi connectivity index (χ3v) is 4.64. The normalized spacial score (nSPS) is 18.7. The van der Waals surface area contributed by atoms with E-state index < -0.39 is 11.4 Å². The van der Waals surface area contributed by atoms with Gasteiger partial charge in [-0.05, 0) is 25.2 Å². The van der Waals surface area contributed by atoms with Crippen molar-refractivity contribution in [1.29, 1.82) is 0 Å². The third-order valence-electron chi connectivity index (χ3n) is 4.64. The molecule has 1 unspecified atom stereocenters. The van der Waals surface area contributed by atoms with Crippen LogP contribution in [-0.4, -0.2) is 23.5 Å². The molecule has 0 spiro atoms. The van der Waals surface area contributed by atoms with Gasteiger partial charge >= 0.3 is 5.97 Å². The predicted molar refractivity (Wildman–Crippen MR) is 79.5 cm³/mol. The molecule has 20 heavy (non-hydrogen) atoms. The fourth-order valence-electron chi connectivity index (χ4n) is 3.09. The van der Waals surface area contributed by atoms with E-state index in [-0.39, 0.29) is 12.3 Å². The van der Waals surface area contributed by atoms with Crippen molar-refractivity contribution in [3.05, 3.63) is 0 Å². The molecule has 0 bridgehead atoms. The van der Waals surface area contributed by atoms with Crippen LogP contribution in [0.5, 0.6) is 0 Å². The minimum Gasteiger partial charge on any atom is -0.481 e. The van der Waals surface area contributed by atoms with Gasteiger partial charge in [-0.3, -0.25) is 9.59 Å². The first-order chi connectivity index (χ1) is 9.54. The molecule has 0 radical (unpaired) electrons. The summed E-state index contributed by atoms with van der Waals surface area (Å²) in [6.07, 6.45) is 7.83. The van der Waals surface area contributed by atoms with Crippen molar-refractivity contribution >= 4 is 11.9 Å². The summed E-state index contributed by atoms with van der Waals surface area (Å²) in [4.78, 5) is 23.4. The standard InChI is InChI=1S/C16H29NO3/c1-3-5-8-13(4-2)12-17-14(18)11-16(15(19)20)9-6-7-10-16/h13H,3-12H2,1-2H3,(H,17,18)(H,19,20). The summed E-state index contributed by atoms with van der Waals surface area (Å²) >= 11 is 0. The van der Waals surface area contributed by atoms with Crippen LogP contribution >= 0.6 is 0 Å². The summed E-state index contributed by atoms with van der Waals surface area (Å²) in [6.45, 7) is 5.00. The van der Waals surface area contributed by atoms with Crippen LogP contribution in [0, 0.1) is 11.3 Å². The Kier molecular flexibility index (Phi) is 7.03. The Morgan fingerprint density at radius 3 is 2.40 bits per heavy atom. The van der Waals surface area contributed by atoms with Crippen LogP contribution < -0.4 is 5.32 Å². The second-order valence-electron chi connectivity index (χ2n) is 6.19. The number of carbonyl (C=O) groups is 2. The zero-order chi connectivity index (χ0) is 15.0. The molecule has 116 valence electrons. The fourth-order valence-corrected chi connectivity index (χ4v) is 3.09. The van der Waals surface area contributed by atoms with Gasteiger partial charge in [0.2, 0.25) is 5.91 Å². The number of carboxylic acid groups (broad SMARTS) is 1. The van der Waals surface area contributed by atoms with E-state index in [1.165, 1.54) is 12.8 Å². The number of amides is 1. The van der Waals surface area contributed by atoms with E-state index in [2.05, 4.69) is 19.2 Å². The molecule has 1 saturated carbocycles. The van der Waals surface area contributed by atoms with Gasteiger partial charge in [0.25, 0.3) is 0 Å². The van der Waals surface area contributed by atoms with Crippen LogP contribution in [-0.2, 0) is 9.59 Å². The molecule has 0 aliphatic heterocycles. The second kappa shape index (κ2) is 8.28. The topological polar surface area (TPSA) is 66.4 Å². The lowest BCUT2D eigenvalue weighted by atomic mass is 9.82. The number of carbonyl (C=O) groups excluding carboxylic acids is 1. The number of nitrogens with one attached hydrogen (secondary N) is 1. The summed E-state index contributed by atoms with van der Waals surface area (Å²) in [5, 5.41) is 12.3. The Hall–Kier alpha value is -1.06. The zero-order valence-corrected chi connectivity index (χ0v) is 12.9. The molecule has 4 nitrogen and oxygen atoms in total. The summed E-state index contributed by atoms with van der Waals surface area (Å²) < 4.78 is 0. The van der Waals surface area contributed by atoms with E-state index in [1.807, 2.05) is 0 Å². The van der Waals surface area contributed by atoms with Crippen molar-refractivity contribution in [3.63, 3.8) is 0 Å². The van der Waals surface area contributed by atoms with Gasteiger partial charge in [-0.15, -0.1) is 0 Å². The Balaban J connectivity index is 2.40. The van der Waals surface area contributed by atoms with Crippen molar-refractivity contribution in [2.24, 2.45) is 11.3 Å². The van der Waals surface area contributed by atoms with E-state index in [4.69, 9.17) is 0 Å². The van der Waals surface area contributed by atoms with Gasteiger partial charge < -0.3 is 10.4 Å². The van der Waals surface area contributed by atoms with Crippen LogP contribution in [0.15, 0.2) is 0 Å². The molecule has 0 aromatic carbocycles. The lowest BCUT2D eigenvalue weighted by Gasteiger charge is -2.23. The highest BCUT2D eigenvalue weighted by Crippen LogP contribution is 2.41. The molecule has 1 atom stereocenters. The van der Waals surface area contributed by atoms with E-state index in [9.17, 15) is 14.7 Å². The van der Waals surface area contributed by atoms with Crippen LogP contribution in [0.1, 0.15) is 71.6 Å². The molecule has 0 heterocycles. The smallest absolute Gasteiger partial charge is 0.310 e. The van der Waals surface area contributed by atoms with E-state index >= 15 is 0 Å². The maximum absolute atomic E-state index is 12.0. The number of carboxylic acids is 1. The minimum atomic E-state index is -0.803. The first kappa shape index (κ1) is 17.0. The molecule has 0 aromatic rings. The Morgan fingerprint density at radius 2 is 1.90 bits per heavy atom. The van der Waals surface area contributed by atoms with Gasteiger partial charge in [0.05, 0.1) is 5.41 Å². The summed E-state index contributed by atoms with van der Waals surface area (Å²) in [6, 6.07) is 0. The van der Waals surface area contributed by atoms with Gasteiger partial charge in [-0.25, -0.2) is 0 Å². The molecule has 1 rings (SSSR count). The molecule has 4 heteroatoms. The quantitative estimate of drug-likeness (QED) is 0.682. The average Bonchev–Trinajstić information content (AvgIpc) is 2.89. The maximum Gasteiger partial charge on any atom is 0.310 e. The van der Waals surface area contributed by atoms with Gasteiger partial charge in [0, 0.05) is 13.0 Å². The van der Waals surface area contributed by atoms with Crippen LogP contribution in [0.4, 0.5) is 0 Å². The number of hydrogen-bond acceptors (Lipinski definition) is 2. The van der Waals surface area contributed by atoms with Gasteiger partial charge in [-0.2, -0.15) is 0 Å². The Labute approximate surface area is 122 Å². The zero-order valence-electron chi connectivity index (χ0n) is 12.9. The summed E-state index contributed by atoms with van der Waals surface area (Å²) in [7, 11) is 0.